The highest BCUT2D eigenvalue weighted by molar-refractivity contribution is 6.19. The lowest BCUT2D eigenvalue weighted by atomic mass is 9.95. The molecular formula is C108H71N9. The Hall–Kier alpha value is -15.8. The van der Waals surface area contributed by atoms with E-state index in [9.17, 15) is 0 Å². The van der Waals surface area contributed by atoms with Gasteiger partial charge in [0.15, 0.2) is 34.9 Å². The molecule has 0 spiro atoms. The number of aromatic nitrogens is 9. The normalized spacial score (nSPS) is 11.4. The quantitative estimate of drug-likeness (QED) is 0.108. The molecule has 0 radical (unpaired) electrons. The minimum atomic E-state index is 0.627. The summed E-state index contributed by atoms with van der Waals surface area (Å²) in [4.78, 5) is 29.9. The predicted molar refractivity (Wildman–Crippen MR) is 482 cm³/mol. The molecule has 0 aliphatic carbocycles. The molecular weight excluding hydrogens is 1420 g/mol. The van der Waals surface area contributed by atoms with Crippen LogP contribution < -0.4 is 0 Å². The molecule has 0 aliphatic rings. The van der Waals surface area contributed by atoms with Crippen molar-refractivity contribution in [1.29, 1.82) is 0 Å². The van der Waals surface area contributed by atoms with Crippen molar-refractivity contribution in [2.45, 2.75) is 0 Å². The molecule has 0 atom stereocenters. The molecule has 0 bridgehead atoms. The minimum Gasteiger partial charge on any atom is -0.309 e. The molecule has 0 amide bonds. The number of hydrogen-bond donors (Lipinski definition) is 0. The standard InChI is InChI=1S/C57H37N5.C51H34N4/c1-5-18-38(19-6-1)55-58-56(39-20-7-2-8-21-39)60-57(59-55)42-23-15-22-40(36-42)45-29-17-33-52-53(45)49-37-41(34-35-51(49)61(52)43-24-9-3-10-25-43)46-30-16-31-48-47-28-13-14-32-50(47)62(54(46)48)44-26-11-4-12-27-44;1-5-15-35(16-6-1)41-31-32-45-47(34-41)55(43-23-11-4-12-24-43)46-26-14-25-44(48(45)46)37-29-27-36(28-30-37)40-21-13-22-42(33-40)51-53-49(38-17-7-2-8-18-38)52-50(54-51)39-19-9-3-10-20-39/h1-37H;1-34H. The first-order valence-electron chi connectivity index (χ1n) is 39.5. The summed E-state index contributed by atoms with van der Waals surface area (Å²) in [6.07, 6.45) is 0. The van der Waals surface area contributed by atoms with E-state index >= 15 is 0 Å². The second kappa shape index (κ2) is 30.0. The molecule has 5 heterocycles. The van der Waals surface area contributed by atoms with Crippen LogP contribution in [0.25, 0.3) is 206 Å². The Morgan fingerprint density at radius 3 is 0.974 bits per heavy atom. The summed E-state index contributed by atoms with van der Waals surface area (Å²) in [6, 6.07) is 152. The highest BCUT2D eigenvalue weighted by Crippen LogP contribution is 2.46. The maximum absolute atomic E-state index is 5.08. The Morgan fingerprint density at radius 2 is 0.453 bits per heavy atom. The topological polar surface area (TPSA) is 92.1 Å². The fourth-order valence-electron chi connectivity index (χ4n) is 16.8. The van der Waals surface area contributed by atoms with Gasteiger partial charge in [0, 0.05) is 88.3 Å². The molecule has 0 fully saturated rings. The third kappa shape index (κ3) is 12.9. The zero-order valence-electron chi connectivity index (χ0n) is 63.5. The molecule has 17 aromatic carbocycles. The molecule has 0 saturated carbocycles. The summed E-state index contributed by atoms with van der Waals surface area (Å²) in [5, 5.41) is 7.31. The summed E-state index contributed by atoms with van der Waals surface area (Å²) in [5.74, 6) is 3.85. The van der Waals surface area contributed by atoms with E-state index in [0.29, 0.717) is 34.9 Å². The van der Waals surface area contributed by atoms with Crippen LogP contribution in [0.1, 0.15) is 0 Å². The van der Waals surface area contributed by atoms with Crippen LogP contribution in [0.15, 0.2) is 431 Å². The van der Waals surface area contributed by atoms with Crippen LogP contribution in [-0.2, 0) is 0 Å². The molecule has 0 unspecified atom stereocenters. The Balaban J connectivity index is 0.000000147. The molecule has 0 saturated heterocycles. The lowest BCUT2D eigenvalue weighted by molar-refractivity contribution is 1.07. The number of fused-ring (bicyclic) bond motifs is 9. The summed E-state index contributed by atoms with van der Waals surface area (Å²) in [5.41, 5.74) is 27.6. The largest absolute Gasteiger partial charge is 0.309 e. The van der Waals surface area contributed by atoms with Crippen molar-refractivity contribution >= 4 is 65.4 Å². The van der Waals surface area contributed by atoms with Crippen LogP contribution >= 0.6 is 0 Å². The monoisotopic (exact) mass is 1490 g/mol. The van der Waals surface area contributed by atoms with E-state index in [1.165, 1.54) is 82.2 Å². The van der Waals surface area contributed by atoms with E-state index in [2.05, 4.69) is 323 Å². The molecule has 22 aromatic rings. The maximum atomic E-state index is 5.08. The van der Waals surface area contributed by atoms with Gasteiger partial charge in [0.05, 0.1) is 33.1 Å². The number of hydrogen-bond acceptors (Lipinski definition) is 6. The minimum absolute atomic E-state index is 0.627. The van der Waals surface area contributed by atoms with Gasteiger partial charge in [0.2, 0.25) is 0 Å². The molecule has 22 rings (SSSR count). The molecule has 5 aromatic heterocycles. The number of nitrogens with zero attached hydrogens (tertiary/aromatic N) is 9. The molecule has 9 nitrogen and oxygen atoms in total. The summed E-state index contributed by atoms with van der Waals surface area (Å²) in [7, 11) is 0. The molecule has 117 heavy (non-hydrogen) atoms. The zero-order valence-corrected chi connectivity index (χ0v) is 63.5. The second-order valence-corrected chi connectivity index (χ2v) is 29.3. The zero-order chi connectivity index (χ0) is 77.5. The van der Waals surface area contributed by atoms with Crippen molar-refractivity contribution in [3.05, 3.63) is 431 Å². The SMILES string of the molecule is c1ccc(-c2ccc3c4c(-c5ccc(-c6cccc(-c7nc(-c8ccccc8)nc(-c8ccccc8)n7)c6)cc5)cccc4n(-c4ccccc4)c3c2)cc1.c1ccc(-c2nc(-c3ccccc3)nc(-c3cccc(-c4cccc5c4c4cc(-c6cccc7c8ccccc8n(-c8ccccc8)c67)ccc4n5-c4ccccc4)c3)n2)cc1. The van der Waals surface area contributed by atoms with Crippen molar-refractivity contribution < 1.29 is 0 Å². The van der Waals surface area contributed by atoms with E-state index in [-0.39, 0.29) is 0 Å². The van der Waals surface area contributed by atoms with Crippen LogP contribution in [0.3, 0.4) is 0 Å². The van der Waals surface area contributed by atoms with Crippen LogP contribution in [0, 0.1) is 0 Å². The van der Waals surface area contributed by atoms with Gasteiger partial charge in [0.25, 0.3) is 0 Å². The molecule has 9 heteroatoms. The third-order valence-corrected chi connectivity index (χ3v) is 22.2. The first kappa shape index (κ1) is 69.1. The lowest BCUT2D eigenvalue weighted by Gasteiger charge is -2.12. The summed E-state index contributed by atoms with van der Waals surface area (Å²) >= 11 is 0. The Morgan fingerprint density at radius 1 is 0.145 bits per heavy atom. The maximum Gasteiger partial charge on any atom is 0.164 e. The second-order valence-electron chi connectivity index (χ2n) is 29.3. The number of rotatable bonds is 14. The van der Waals surface area contributed by atoms with E-state index in [1.54, 1.807) is 0 Å². The average molecular weight is 1490 g/mol. The average Bonchev–Trinajstić information content (AvgIpc) is 2.38. The fourth-order valence-corrected chi connectivity index (χ4v) is 16.8. The van der Waals surface area contributed by atoms with Gasteiger partial charge in [-0.15, -0.1) is 0 Å². The predicted octanol–water partition coefficient (Wildman–Crippen LogP) is 27.4. The number of para-hydroxylation sites is 5. The lowest BCUT2D eigenvalue weighted by Crippen LogP contribution is -2.00. The van der Waals surface area contributed by atoms with Crippen LogP contribution in [0.5, 0.6) is 0 Å². The first-order chi connectivity index (χ1) is 58.0. The van der Waals surface area contributed by atoms with E-state index in [1.807, 2.05) is 121 Å². The van der Waals surface area contributed by atoms with E-state index in [0.717, 1.165) is 89.3 Å². The highest BCUT2D eigenvalue weighted by atomic mass is 15.0. The number of benzene rings is 17. The van der Waals surface area contributed by atoms with Crippen molar-refractivity contribution in [1.82, 2.24) is 43.6 Å². The van der Waals surface area contributed by atoms with Crippen molar-refractivity contribution in [2.75, 3.05) is 0 Å². The summed E-state index contributed by atoms with van der Waals surface area (Å²) < 4.78 is 7.21. The fraction of sp³-hybridized carbons (Fsp3) is 0. The van der Waals surface area contributed by atoms with Gasteiger partial charge >= 0.3 is 0 Å². The smallest absolute Gasteiger partial charge is 0.164 e. The van der Waals surface area contributed by atoms with Crippen LogP contribution in [-0.4, -0.2) is 43.6 Å². The van der Waals surface area contributed by atoms with Crippen LogP contribution in [0.4, 0.5) is 0 Å². The van der Waals surface area contributed by atoms with E-state index < -0.39 is 0 Å². The Kier molecular flexibility index (Phi) is 17.7. The van der Waals surface area contributed by atoms with Crippen molar-refractivity contribution in [3.8, 4) is 141 Å². The van der Waals surface area contributed by atoms with Crippen molar-refractivity contribution in [3.63, 3.8) is 0 Å². The first-order valence-corrected chi connectivity index (χ1v) is 39.5. The molecule has 0 N–H and O–H groups in total. The van der Waals surface area contributed by atoms with Gasteiger partial charge in [-0.1, -0.05) is 346 Å². The highest BCUT2D eigenvalue weighted by Gasteiger charge is 2.24. The van der Waals surface area contributed by atoms with Gasteiger partial charge in [-0.05, 0) is 135 Å². The van der Waals surface area contributed by atoms with Crippen LogP contribution in [0.2, 0.25) is 0 Å². The molecule has 548 valence electrons. The van der Waals surface area contributed by atoms with Gasteiger partial charge < -0.3 is 13.7 Å². The third-order valence-electron chi connectivity index (χ3n) is 22.2. The van der Waals surface area contributed by atoms with Gasteiger partial charge in [-0.2, -0.15) is 0 Å². The van der Waals surface area contributed by atoms with Gasteiger partial charge in [-0.25, -0.2) is 29.9 Å². The summed E-state index contributed by atoms with van der Waals surface area (Å²) in [6.45, 7) is 0. The Bertz CT molecular complexity index is 7320. The van der Waals surface area contributed by atoms with E-state index in [4.69, 9.17) is 29.9 Å². The molecule has 0 aliphatic heterocycles. The van der Waals surface area contributed by atoms with Gasteiger partial charge in [0.1, 0.15) is 0 Å². The Labute approximate surface area is 676 Å². The van der Waals surface area contributed by atoms with Crippen molar-refractivity contribution in [2.24, 2.45) is 0 Å². The van der Waals surface area contributed by atoms with Gasteiger partial charge in [-0.3, -0.25) is 0 Å².